The fourth-order valence-corrected chi connectivity index (χ4v) is 3.72. The third-order valence-electron chi connectivity index (χ3n) is 6.29. The normalized spacial score (nSPS) is 14.2. The van der Waals surface area contributed by atoms with Crippen molar-refractivity contribution in [2.24, 2.45) is 17.8 Å². The number of carbonyl (C=O) groups excluding carboxylic acids is 2. The number of hydrogen-bond acceptors (Lipinski definition) is 4. The maximum atomic E-state index is 12.4. The zero-order chi connectivity index (χ0) is 22.6. The van der Waals surface area contributed by atoms with Crippen molar-refractivity contribution in [3.8, 4) is 0 Å². The highest BCUT2D eigenvalue weighted by atomic mass is 16.5. The summed E-state index contributed by atoms with van der Waals surface area (Å²) in [6.07, 6.45) is 14.1. The summed E-state index contributed by atoms with van der Waals surface area (Å²) in [5.41, 5.74) is 0. The Kier molecular flexibility index (Phi) is 19.2. The standard InChI is InChI=1S/C26H50O4/c1-6-11-16-22(8-3)20-29-25(27)19-15-13-14-18-24(10-5)26(28)30-21-23(9-4)17-12-7-2/h22-24H,6-21H2,1-5H3. The van der Waals surface area contributed by atoms with E-state index in [0.717, 1.165) is 57.8 Å². The van der Waals surface area contributed by atoms with E-state index >= 15 is 0 Å². The minimum absolute atomic E-state index is 0.00971. The average Bonchev–Trinajstić information content (AvgIpc) is 2.76. The lowest BCUT2D eigenvalue weighted by Crippen LogP contribution is -2.21. The number of carbonyl (C=O) groups is 2. The van der Waals surface area contributed by atoms with Crippen molar-refractivity contribution in [3.63, 3.8) is 0 Å². The minimum Gasteiger partial charge on any atom is -0.465 e. The molecule has 0 N–H and O–H groups in total. The van der Waals surface area contributed by atoms with Crippen molar-refractivity contribution in [3.05, 3.63) is 0 Å². The number of hydrogen-bond donors (Lipinski definition) is 0. The smallest absolute Gasteiger partial charge is 0.308 e. The number of unbranched alkanes of at least 4 members (excludes halogenated alkanes) is 4. The Bertz CT molecular complexity index is 421. The summed E-state index contributed by atoms with van der Waals surface area (Å²) in [6, 6.07) is 0. The van der Waals surface area contributed by atoms with Crippen LogP contribution in [0.1, 0.15) is 125 Å². The fourth-order valence-electron chi connectivity index (χ4n) is 3.72. The van der Waals surface area contributed by atoms with Gasteiger partial charge in [-0.2, -0.15) is 0 Å². The second-order valence-electron chi connectivity index (χ2n) is 8.85. The highest BCUT2D eigenvalue weighted by Gasteiger charge is 2.19. The first-order valence-corrected chi connectivity index (χ1v) is 12.8. The van der Waals surface area contributed by atoms with Crippen LogP contribution in [-0.4, -0.2) is 25.2 Å². The van der Waals surface area contributed by atoms with Crippen LogP contribution in [0.4, 0.5) is 0 Å². The predicted octanol–water partition coefficient (Wildman–Crippen LogP) is 7.48. The predicted molar refractivity (Wildman–Crippen MR) is 125 cm³/mol. The van der Waals surface area contributed by atoms with Crippen LogP contribution in [-0.2, 0) is 19.1 Å². The van der Waals surface area contributed by atoms with E-state index in [1.807, 2.05) is 0 Å². The number of esters is 2. The molecule has 0 rings (SSSR count). The molecule has 0 aromatic carbocycles. The molecule has 4 heteroatoms. The fraction of sp³-hybridized carbons (Fsp3) is 0.923. The van der Waals surface area contributed by atoms with E-state index in [1.54, 1.807) is 0 Å². The molecule has 0 aromatic heterocycles. The van der Waals surface area contributed by atoms with Gasteiger partial charge in [0.2, 0.25) is 0 Å². The Morgan fingerprint density at radius 2 is 1.20 bits per heavy atom. The molecule has 0 fully saturated rings. The number of rotatable bonds is 20. The van der Waals surface area contributed by atoms with Gasteiger partial charge >= 0.3 is 11.9 Å². The minimum atomic E-state index is -0.0749. The molecule has 0 spiro atoms. The molecular weight excluding hydrogens is 376 g/mol. The first-order chi connectivity index (χ1) is 14.5. The van der Waals surface area contributed by atoms with Crippen molar-refractivity contribution >= 4 is 11.9 Å². The lowest BCUT2D eigenvalue weighted by Gasteiger charge is -2.18. The molecule has 3 unspecified atom stereocenters. The summed E-state index contributed by atoms with van der Waals surface area (Å²) in [4.78, 5) is 24.4. The second-order valence-corrected chi connectivity index (χ2v) is 8.85. The van der Waals surface area contributed by atoms with E-state index in [-0.39, 0.29) is 17.9 Å². The summed E-state index contributed by atoms with van der Waals surface area (Å²) in [7, 11) is 0. The molecule has 0 aliphatic rings. The topological polar surface area (TPSA) is 52.6 Å². The van der Waals surface area contributed by atoms with Crippen molar-refractivity contribution in [2.45, 2.75) is 125 Å². The van der Waals surface area contributed by atoms with Crippen LogP contribution in [0.3, 0.4) is 0 Å². The first kappa shape index (κ1) is 28.9. The van der Waals surface area contributed by atoms with Gasteiger partial charge in [-0.25, -0.2) is 0 Å². The third-order valence-corrected chi connectivity index (χ3v) is 6.29. The van der Waals surface area contributed by atoms with E-state index in [4.69, 9.17) is 9.47 Å². The van der Waals surface area contributed by atoms with Gasteiger partial charge in [-0.1, -0.05) is 86.0 Å². The van der Waals surface area contributed by atoms with Gasteiger partial charge in [0.25, 0.3) is 0 Å². The Balaban J connectivity index is 3.96. The summed E-state index contributed by atoms with van der Waals surface area (Å²) in [6.45, 7) is 11.9. The summed E-state index contributed by atoms with van der Waals surface area (Å²) >= 11 is 0. The van der Waals surface area contributed by atoms with Gasteiger partial charge in [0.15, 0.2) is 0 Å². The van der Waals surface area contributed by atoms with Gasteiger partial charge in [-0.05, 0) is 43.9 Å². The van der Waals surface area contributed by atoms with Crippen LogP contribution in [0.25, 0.3) is 0 Å². The molecule has 0 bridgehead atoms. The van der Waals surface area contributed by atoms with Crippen LogP contribution in [0.15, 0.2) is 0 Å². The van der Waals surface area contributed by atoms with Crippen LogP contribution in [0.5, 0.6) is 0 Å². The Labute approximate surface area is 186 Å². The van der Waals surface area contributed by atoms with Crippen LogP contribution < -0.4 is 0 Å². The Morgan fingerprint density at radius 1 is 0.633 bits per heavy atom. The third kappa shape index (κ3) is 14.8. The van der Waals surface area contributed by atoms with E-state index < -0.39 is 0 Å². The lowest BCUT2D eigenvalue weighted by molar-refractivity contribution is -0.150. The van der Waals surface area contributed by atoms with Gasteiger partial charge in [0.05, 0.1) is 19.1 Å². The highest BCUT2D eigenvalue weighted by molar-refractivity contribution is 5.72. The molecular formula is C26H50O4. The maximum absolute atomic E-state index is 12.4. The van der Waals surface area contributed by atoms with E-state index in [9.17, 15) is 9.59 Å². The first-order valence-electron chi connectivity index (χ1n) is 12.8. The molecule has 0 aliphatic heterocycles. The molecule has 0 amide bonds. The maximum Gasteiger partial charge on any atom is 0.308 e. The van der Waals surface area contributed by atoms with Gasteiger partial charge in [0.1, 0.15) is 0 Å². The molecule has 0 heterocycles. The molecule has 3 atom stereocenters. The van der Waals surface area contributed by atoms with Crippen molar-refractivity contribution < 1.29 is 19.1 Å². The van der Waals surface area contributed by atoms with Crippen LogP contribution in [0, 0.1) is 17.8 Å². The van der Waals surface area contributed by atoms with Crippen molar-refractivity contribution in [1.82, 2.24) is 0 Å². The quantitative estimate of drug-likeness (QED) is 0.149. The zero-order valence-corrected chi connectivity index (χ0v) is 20.7. The Hall–Kier alpha value is -1.06. The molecule has 0 saturated carbocycles. The van der Waals surface area contributed by atoms with E-state index in [1.165, 1.54) is 25.7 Å². The molecule has 4 nitrogen and oxygen atoms in total. The van der Waals surface area contributed by atoms with E-state index in [0.29, 0.717) is 31.5 Å². The summed E-state index contributed by atoms with van der Waals surface area (Å²) < 4.78 is 11.1. The van der Waals surface area contributed by atoms with Crippen LogP contribution >= 0.6 is 0 Å². The summed E-state index contributed by atoms with van der Waals surface area (Å²) in [5.74, 6) is 0.870. The second kappa shape index (κ2) is 19.9. The largest absolute Gasteiger partial charge is 0.465 e. The molecule has 30 heavy (non-hydrogen) atoms. The monoisotopic (exact) mass is 426 g/mol. The number of ether oxygens (including phenoxy) is 2. The SMILES string of the molecule is CCCCC(CC)COC(=O)CCCCCC(CC)C(=O)OCC(CC)CCCC. The summed E-state index contributed by atoms with van der Waals surface area (Å²) in [5, 5.41) is 0. The van der Waals surface area contributed by atoms with Crippen molar-refractivity contribution in [2.75, 3.05) is 13.2 Å². The van der Waals surface area contributed by atoms with E-state index in [2.05, 4.69) is 34.6 Å². The Morgan fingerprint density at radius 3 is 1.70 bits per heavy atom. The van der Waals surface area contributed by atoms with Crippen molar-refractivity contribution in [1.29, 1.82) is 0 Å². The van der Waals surface area contributed by atoms with Gasteiger partial charge in [-0.3, -0.25) is 9.59 Å². The lowest BCUT2D eigenvalue weighted by atomic mass is 9.97. The molecule has 0 saturated heterocycles. The molecule has 0 radical (unpaired) electrons. The van der Waals surface area contributed by atoms with Gasteiger partial charge in [0, 0.05) is 6.42 Å². The average molecular weight is 427 g/mol. The molecule has 0 aromatic rings. The van der Waals surface area contributed by atoms with Crippen LogP contribution in [0.2, 0.25) is 0 Å². The molecule has 178 valence electrons. The van der Waals surface area contributed by atoms with Gasteiger partial charge in [-0.15, -0.1) is 0 Å². The zero-order valence-electron chi connectivity index (χ0n) is 20.7. The molecule has 0 aliphatic carbocycles. The highest BCUT2D eigenvalue weighted by Crippen LogP contribution is 2.19. The van der Waals surface area contributed by atoms with Gasteiger partial charge < -0.3 is 9.47 Å².